The Balaban J connectivity index is 2.86. The van der Waals surface area contributed by atoms with Gasteiger partial charge in [0.05, 0.1) is 0 Å². The van der Waals surface area contributed by atoms with Crippen molar-refractivity contribution in [2.24, 2.45) is 5.92 Å². The van der Waals surface area contributed by atoms with Crippen LogP contribution in [0.5, 0.6) is 0 Å². The van der Waals surface area contributed by atoms with Crippen molar-refractivity contribution in [1.82, 2.24) is 0 Å². The van der Waals surface area contributed by atoms with Gasteiger partial charge in [-0.3, -0.25) is 0 Å². The van der Waals surface area contributed by atoms with Crippen molar-refractivity contribution in [2.45, 2.75) is 39.5 Å². The lowest BCUT2D eigenvalue weighted by Gasteiger charge is -2.23. The quantitative estimate of drug-likeness (QED) is 0.633. The van der Waals surface area contributed by atoms with E-state index in [1.807, 2.05) is 0 Å². The Kier molecular flexibility index (Phi) is 5.17. The van der Waals surface area contributed by atoms with Crippen LogP contribution in [0.2, 0.25) is 0 Å². The first kappa shape index (κ1) is 12.6. The summed E-state index contributed by atoms with van der Waals surface area (Å²) in [5, 5.41) is 0. The fourth-order valence-corrected chi connectivity index (χ4v) is 2.59. The molecule has 0 radical (unpaired) electrons. The van der Waals surface area contributed by atoms with Gasteiger partial charge in [0.15, 0.2) is 0 Å². The molecule has 1 aromatic carbocycles. The average Bonchev–Trinajstić information content (AvgIpc) is 2.27. The summed E-state index contributed by atoms with van der Waals surface area (Å²) in [6.07, 6.45) is 2.42. The van der Waals surface area contributed by atoms with E-state index in [-0.39, 0.29) is 0 Å². The van der Waals surface area contributed by atoms with Crippen molar-refractivity contribution in [2.75, 3.05) is 5.88 Å². The van der Waals surface area contributed by atoms with Gasteiger partial charge >= 0.3 is 0 Å². The molecule has 0 heterocycles. The molecule has 0 aromatic heterocycles. The van der Waals surface area contributed by atoms with Gasteiger partial charge in [-0.15, -0.1) is 11.6 Å². The standard InChI is InChI=1S/C14H21Cl/c1-4-12(5-2)14(10-15)13-8-6-11(3)7-9-13/h6-9,12,14H,4-5,10H2,1-3H3. The van der Waals surface area contributed by atoms with E-state index in [0.717, 1.165) is 5.88 Å². The summed E-state index contributed by atoms with van der Waals surface area (Å²) < 4.78 is 0. The normalized spacial score (nSPS) is 13.1. The Labute approximate surface area is 98.7 Å². The molecule has 0 saturated heterocycles. The van der Waals surface area contributed by atoms with E-state index in [9.17, 15) is 0 Å². The van der Waals surface area contributed by atoms with Gasteiger partial charge in [0.25, 0.3) is 0 Å². The zero-order chi connectivity index (χ0) is 11.3. The first-order valence-corrected chi connectivity index (χ1v) is 6.38. The minimum Gasteiger partial charge on any atom is -0.126 e. The van der Waals surface area contributed by atoms with E-state index in [0.29, 0.717) is 11.8 Å². The largest absolute Gasteiger partial charge is 0.126 e. The maximum Gasteiger partial charge on any atom is 0.0294 e. The molecule has 1 heteroatoms. The van der Waals surface area contributed by atoms with Crippen molar-refractivity contribution in [3.63, 3.8) is 0 Å². The van der Waals surface area contributed by atoms with E-state index in [2.05, 4.69) is 45.0 Å². The molecule has 0 aliphatic carbocycles. The Hall–Kier alpha value is -0.490. The molecule has 84 valence electrons. The van der Waals surface area contributed by atoms with Crippen molar-refractivity contribution in [1.29, 1.82) is 0 Å². The van der Waals surface area contributed by atoms with Crippen molar-refractivity contribution in [3.8, 4) is 0 Å². The third-order valence-electron chi connectivity index (χ3n) is 3.29. The molecular formula is C14H21Cl. The topological polar surface area (TPSA) is 0 Å². The molecule has 0 spiro atoms. The fourth-order valence-electron chi connectivity index (χ4n) is 2.16. The van der Waals surface area contributed by atoms with E-state index < -0.39 is 0 Å². The third-order valence-corrected chi connectivity index (χ3v) is 3.62. The molecular weight excluding hydrogens is 204 g/mol. The van der Waals surface area contributed by atoms with E-state index in [1.165, 1.54) is 24.0 Å². The van der Waals surface area contributed by atoms with E-state index in [4.69, 9.17) is 11.6 Å². The molecule has 1 atom stereocenters. The van der Waals surface area contributed by atoms with Gasteiger partial charge in [-0.05, 0) is 18.4 Å². The van der Waals surface area contributed by atoms with Crippen LogP contribution < -0.4 is 0 Å². The molecule has 0 bridgehead atoms. The Morgan fingerprint density at radius 2 is 1.60 bits per heavy atom. The second-order valence-electron chi connectivity index (χ2n) is 4.25. The zero-order valence-electron chi connectivity index (χ0n) is 9.96. The Morgan fingerprint density at radius 3 is 2.00 bits per heavy atom. The van der Waals surface area contributed by atoms with Crippen LogP contribution in [0.4, 0.5) is 0 Å². The molecule has 0 N–H and O–H groups in total. The Morgan fingerprint density at radius 1 is 1.07 bits per heavy atom. The maximum absolute atomic E-state index is 6.09. The fraction of sp³-hybridized carbons (Fsp3) is 0.571. The number of hydrogen-bond donors (Lipinski definition) is 0. The third kappa shape index (κ3) is 3.24. The highest BCUT2D eigenvalue weighted by Crippen LogP contribution is 2.30. The molecule has 1 rings (SSSR count). The summed E-state index contributed by atoms with van der Waals surface area (Å²) in [6, 6.07) is 8.80. The monoisotopic (exact) mass is 224 g/mol. The number of alkyl halides is 1. The molecule has 0 aliphatic rings. The van der Waals surface area contributed by atoms with Gasteiger partial charge < -0.3 is 0 Å². The predicted octanol–water partition coefficient (Wildman–Crippen LogP) is 4.75. The molecule has 0 amide bonds. The summed E-state index contributed by atoms with van der Waals surface area (Å²) in [5.41, 5.74) is 2.71. The van der Waals surface area contributed by atoms with Crippen LogP contribution in [0.3, 0.4) is 0 Å². The lowest BCUT2D eigenvalue weighted by molar-refractivity contribution is 0.422. The van der Waals surface area contributed by atoms with Crippen LogP contribution in [0.1, 0.15) is 43.7 Å². The second kappa shape index (κ2) is 6.17. The van der Waals surface area contributed by atoms with Crippen molar-refractivity contribution in [3.05, 3.63) is 35.4 Å². The number of hydrogen-bond acceptors (Lipinski definition) is 0. The first-order chi connectivity index (χ1) is 7.22. The number of halogens is 1. The van der Waals surface area contributed by atoms with Crippen LogP contribution in [-0.4, -0.2) is 5.88 Å². The summed E-state index contributed by atoms with van der Waals surface area (Å²) in [4.78, 5) is 0. The summed E-state index contributed by atoms with van der Waals surface area (Å²) in [6.45, 7) is 6.63. The van der Waals surface area contributed by atoms with Crippen molar-refractivity contribution < 1.29 is 0 Å². The van der Waals surface area contributed by atoms with Crippen LogP contribution in [0.15, 0.2) is 24.3 Å². The lowest BCUT2D eigenvalue weighted by atomic mass is 9.84. The zero-order valence-corrected chi connectivity index (χ0v) is 10.7. The Bertz CT molecular complexity index is 272. The average molecular weight is 225 g/mol. The lowest BCUT2D eigenvalue weighted by Crippen LogP contribution is -2.13. The molecule has 1 unspecified atom stereocenters. The number of aryl methyl sites for hydroxylation is 1. The second-order valence-corrected chi connectivity index (χ2v) is 4.56. The SMILES string of the molecule is CCC(CC)C(CCl)c1ccc(C)cc1. The van der Waals surface area contributed by atoms with Crippen LogP contribution in [0.25, 0.3) is 0 Å². The summed E-state index contributed by atoms with van der Waals surface area (Å²) in [5.74, 6) is 1.96. The molecule has 15 heavy (non-hydrogen) atoms. The van der Waals surface area contributed by atoms with Gasteiger partial charge in [-0.25, -0.2) is 0 Å². The maximum atomic E-state index is 6.09. The number of rotatable bonds is 5. The molecule has 0 aliphatic heterocycles. The minimum atomic E-state index is 0.516. The highest BCUT2D eigenvalue weighted by molar-refractivity contribution is 6.18. The van der Waals surface area contributed by atoms with Gasteiger partial charge in [0.1, 0.15) is 0 Å². The summed E-state index contributed by atoms with van der Waals surface area (Å²) in [7, 11) is 0. The number of benzene rings is 1. The molecule has 0 nitrogen and oxygen atoms in total. The highest BCUT2D eigenvalue weighted by Gasteiger charge is 2.18. The van der Waals surface area contributed by atoms with Gasteiger partial charge in [-0.1, -0.05) is 56.5 Å². The van der Waals surface area contributed by atoms with E-state index in [1.54, 1.807) is 0 Å². The summed E-state index contributed by atoms with van der Waals surface area (Å²) >= 11 is 6.09. The molecule has 0 fully saturated rings. The molecule has 0 saturated carbocycles. The van der Waals surface area contributed by atoms with Gasteiger partial charge in [0, 0.05) is 11.8 Å². The van der Waals surface area contributed by atoms with Gasteiger partial charge in [0.2, 0.25) is 0 Å². The van der Waals surface area contributed by atoms with Crippen LogP contribution in [0, 0.1) is 12.8 Å². The van der Waals surface area contributed by atoms with Crippen LogP contribution >= 0.6 is 11.6 Å². The van der Waals surface area contributed by atoms with E-state index >= 15 is 0 Å². The molecule has 1 aromatic rings. The van der Waals surface area contributed by atoms with Crippen molar-refractivity contribution >= 4 is 11.6 Å². The predicted molar refractivity (Wildman–Crippen MR) is 68.7 cm³/mol. The van der Waals surface area contributed by atoms with Crippen LogP contribution in [-0.2, 0) is 0 Å². The van der Waals surface area contributed by atoms with Gasteiger partial charge in [-0.2, -0.15) is 0 Å². The highest BCUT2D eigenvalue weighted by atomic mass is 35.5. The minimum absolute atomic E-state index is 0.516. The first-order valence-electron chi connectivity index (χ1n) is 5.85. The smallest absolute Gasteiger partial charge is 0.0294 e.